The Kier molecular flexibility index (Phi) is 3.62. The van der Waals surface area contributed by atoms with Gasteiger partial charge < -0.3 is 5.11 Å². The molecule has 1 aromatic heterocycles. The second-order valence-electron chi connectivity index (χ2n) is 3.82. The number of nitrogens with zero attached hydrogens (tertiary/aromatic N) is 2. The predicted octanol–water partition coefficient (Wildman–Crippen LogP) is 3.52. The number of aromatic carboxylic acids is 1. The summed E-state index contributed by atoms with van der Waals surface area (Å²) in [5.41, 5.74) is -3.42. The molecule has 112 valence electrons. The lowest BCUT2D eigenvalue weighted by Gasteiger charge is -2.13. The van der Waals surface area contributed by atoms with Crippen LogP contribution in [0.2, 0.25) is 5.02 Å². The van der Waals surface area contributed by atoms with Gasteiger partial charge in [-0.25, -0.2) is 18.3 Å². The normalized spacial score (nSPS) is 11.7. The minimum atomic E-state index is -5.08. The summed E-state index contributed by atoms with van der Waals surface area (Å²) < 4.78 is 65.3. The van der Waals surface area contributed by atoms with Gasteiger partial charge in [0, 0.05) is 0 Å². The van der Waals surface area contributed by atoms with Gasteiger partial charge in [0.2, 0.25) is 0 Å². The molecule has 0 atom stereocenters. The SMILES string of the molecule is O=C(O)c1cnn(-c2ccc(F)c(F)c2Cl)c1C(F)(F)F. The fourth-order valence-electron chi connectivity index (χ4n) is 1.64. The monoisotopic (exact) mass is 326 g/mol. The average Bonchev–Trinajstić information content (AvgIpc) is 2.81. The number of halogens is 6. The molecule has 0 saturated heterocycles. The third-order valence-corrected chi connectivity index (χ3v) is 2.87. The van der Waals surface area contributed by atoms with E-state index in [1.807, 2.05) is 0 Å². The molecular weight excluding hydrogens is 323 g/mol. The van der Waals surface area contributed by atoms with Crippen LogP contribution in [0.4, 0.5) is 22.0 Å². The van der Waals surface area contributed by atoms with Gasteiger partial charge in [0.05, 0.1) is 11.9 Å². The van der Waals surface area contributed by atoms with Gasteiger partial charge in [-0.2, -0.15) is 18.3 Å². The van der Waals surface area contributed by atoms with Crippen LogP contribution in [0.25, 0.3) is 5.69 Å². The molecule has 21 heavy (non-hydrogen) atoms. The molecule has 0 amide bonds. The molecular formula is C11H4ClF5N2O2. The van der Waals surface area contributed by atoms with Gasteiger partial charge in [-0.1, -0.05) is 11.6 Å². The lowest BCUT2D eigenvalue weighted by atomic mass is 10.2. The van der Waals surface area contributed by atoms with Crippen LogP contribution in [-0.2, 0) is 6.18 Å². The van der Waals surface area contributed by atoms with Crippen molar-refractivity contribution in [2.75, 3.05) is 0 Å². The van der Waals surface area contributed by atoms with Crippen molar-refractivity contribution >= 4 is 17.6 Å². The quantitative estimate of drug-likeness (QED) is 0.678. The number of carbonyl (C=O) groups is 1. The van der Waals surface area contributed by atoms with Gasteiger partial charge in [-0.15, -0.1) is 0 Å². The van der Waals surface area contributed by atoms with Crippen molar-refractivity contribution in [1.29, 1.82) is 0 Å². The van der Waals surface area contributed by atoms with E-state index in [0.29, 0.717) is 12.3 Å². The zero-order valence-corrected chi connectivity index (χ0v) is 10.5. The molecule has 0 aliphatic rings. The van der Waals surface area contributed by atoms with Crippen LogP contribution >= 0.6 is 11.6 Å². The molecule has 1 heterocycles. The Balaban J connectivity index is 2.77. The number of benzene rings is 1. The Labute approximate surface area is 118 Å². The van der Waals surface area contributed by atoms with Crippen molar-refractivity contribution in [2.45, 2.75) is 6.18 Å². The largest absolute Gasteiger partial charge is 0.478 e. The summed E-state index contributed by atoms with van der Waals surface area (Å²) in [6.45, 7) is 0. The third-order valence-electron chi connectivity index (χ3n) is 2.51. The van der Waals surface area contributed by atoms with E-state index in [-0.39, 0.29) is 4.68 Å². The first kappa shape index (κ1) is 15.2. The molecule has 2 rings (SSSR count). The van der Waals surface area contributed by atoms with Crippen molar-refractivity contribution in [3.63, 3.8) is 0 Å². The lowest BCUT2D eigenvalue weighted by molar-refractivity contribution is -0.143. The topological polar surface area (TPSA) is 55.1 Å². The lowest BCUT2D eigenvalue weighted by Crippen LogP contribution is -2.17. The van der Waals surface area contributed by atoms with E-state index in [0.717, 1.165) is 6.07 Å². The molecule has 0 spiro atoms. The van der Waals surface area contributed by atoms with Gasteiger partial charge in [0.25, 0.3) is 0 Å². The molecule has 4 nitrogen and oxygen atoms in total. The Bertz CT molecular complexity index is 726. The van der Waals surface area contributed by atoms with E-state index in [1.54, 1.807) is 0 Å². The molecule has 0 aliphatic heterocycles. The zero-order valence-electron chi connectivity index (χ0n) is 9.75. The molecule has 0 bridgehead atoms. The first-order chi connectivity index (χ1) is 9.64. The van der Waals surface area contributed by atoms with Crippen molar-refractivity contribution < 1.29 is 31.9 Å². The second-order valence-corrected chi connectivity index (χ2v) is 4.19. The van der Waals surface area contributed by atoms with Crippen molar-refractivity contribution in [1.82, 2.24) is 9.78 Å². The van der Waals surface area contributed by atoms with Crippen molar-refractivity contribution in [2.24, 2.45) is 0 Å². The van der Waals surface area contributed by atoms with Gasteiger partial charge in [0.15, 0.2) is 17.3 Å². The summed E-state index contributed by atoms with van der Waals surface area (Å²) in [5.74, 6) is -4.79. The summed E-state index contributed by atoms with van der Waals surface area (Å²) in [6.07, 6.45) is -4.64. The minimum absolute atomic E-state index is 0.105. The van der Waals surface area contributed by atoms with Crippen molar-refractivity contribution in [3.8, 4) is 5.69 Å². The third kappa shape index (κ3) is 2.56. The Morgan fingerprint density at radius 3 is 2.43 bits per heavy atom. The highest BCUT2D eigenvalue weighted by Crippen LogP contribution is 2.35. The number of alkyl halides is 3. The number of hydrogen-bond donors (Lipinski definition) is 1. The fraction of sp³-hybridized carbons (Fsp3) is 0.0909. The van der Waals surface area contributed by atoms with E-state index >= 15 is 0 Å². The maximum atomic E-state index is 13.3. The van der Waals surface area contributed by atoms with Crippen LogP contribution in [0.5, 0.6) is 0 Å². The first-order valence-electron chi connectivity index (χ1n) is 5.17. The maximum absolute atomic E-state index is 13.3. The molecule has 0 radical (unpaired) electrons. The molecule has 0 saturated carbocycles. The Morgan fingerprint density at radius 1 is 1.29 bits per heavy atom. The van der Waals surface area contributed by atoms with E-state index < -0.39 is 45.7 Å². The summed E-state index contributed by atoms with van der Waals surface area (Å²) in [4.78, 5) is 10.8. The van der Waals surface area contributed by atoms with Crippen LogP contribution in [0.15, 0.2) is 18.3 Å². The van der Waals surface area contributed by atoms with Gasteiger partial charge >= 0.3 is 12.1 Å². The molecule has 10 heteroatoms. The van der Waals surface area contributed by atoms with E-state index in [4.69, 9.17) is 16.7 Å². The standard InChI is InChI=1S/C11H4ClF5N2O2/c12-7-6(2-1-5(13)8(7)14)19-9(11(15,16)17)4(3-18-19)10(20)21/h1-3H,(H,20,21). The number of aromatic nitrogens is 2. The van der Waals surface area contributed by atoms with Gasteiger partial charge in [-0.05, 0) is 12.1 Å². The number of rotatable bonds is 2. The number of carboxylic acids is 1. The molecule has 2 aromatic rings. The first-order valence-corrected chi connectivity index (χ1v) is 5.54. The van der Waals surface area contributed by atoms with Crippen LogP contribution in [0.3, 0.4) is 0 Å². The molecule has 1 aromatic carbocycles. The van der Waals surface area contributed by atoms with Crippen molar-refractivity contribution in [3.05, 3.63) is 46.2 Å². The van der Waals surface area contributed by atoms with Gasteiger partial charge in [0.1, 0.15) is 10.6 Å². The second kappa shape index (κ2) is 4.99. The highest BCUT2D eigenvalue weighted by atomic mass is 35.5. The summed E-state index contributed by atoms with van der Waals surface area (Å²) in [7, 11) is 0. The highest BCUT2D eigenvalue weighted by molar-refractivity contribution is 6.32. The van der Waals surface area contributed by atoms with Gasteiger partial charge in [-0.3, -0.25) is 0 Å². The highest BCUT2D eigenvalue weighted by Gasteiger charge is 2.41. The minimum Gasteiger partial charge on any atom is -0.478 e. The molecule has 0 fully saturated rings. The van der Waals surface area contributed by atoms with E-state index in [9.17, 15) is 26.7 Å². The van der Waals surface area contributed by atoms with E-state index in [2.05, 4.69) is 5.10 Å². The predicted molar refractivity (Wildman–Crippen MR) is 60.5 cm³/mol. The summed E-state index contributed by atoms with van der Waals surface area (Å²) in [6, 6.07) is 1.31. The van der Waals surface area contributed by atoms with Crippen LogP contribution in [0, 0.1) is 11.6 Å². The zero-order chi connectivity index (χ0) is 15.9. The molecule has 0 aliphatic carbocycles. The average molecular weight is 327 g/mol. The number of hydrogen-bond acceptors (Lipinski definition) is 2. The fourth-order valence-corrected chi connectivity index (χ4v) is 1.87. The van der Waals surface area contributed by atoms with E-state index in [1.165, 1.54) is 0 Å². The smallest absolute Gasteiger partial charge is 0.434 e. The number of carboxylic acid groups (broad SMARTS) is 1. The van der Waals surface area contributed by atoms with Crippen LogP contribution < -0.4 is 0 Å². The Morgan fingerprint density at radius 2 is 1.90 bits per heavy atom. The van der Waals surface area contributed by atoms with Crippen LogP contribution in [-0.4, -0.2) is 20.9 Å². The Hall–Kier alpha value is -2.16. The molecule has 0 unspecified atom stereocenters. The maximum Gasteiger partial charge on any atom is 0.434 e. The summed E-state index contributed by atoms with van der Waals surface area (Å²) in [5, 5.41) is 11.0. The summed E-state index contributed by atoms with van der Waals surface area (Å²) >= 11 is 5.45. The molecule has 1 N–H and O–H groups in total. The van der Waals surface area contributed by atoms with Crippen LogP contribution in [0.1, 0.15) is 16.1 Å².